The lowest BCUT2D eigenvalue weighted by atomic mass is 9.90. The van der Waals surface area contributed by atoms with Gasteiger partial charge >= 0.3 is 6.09 Å². The van der Waals surface area contributed by atoms with Gasteiger partial charge in [-0.3, -0.25) is 4.79 Å². The third-order valence-electron chi connectivity index (χ3n) is 3.63. The number of aliphatic hydroxyl groups excluding tert-OH is 1. The number of allylic oxidation sites excluding steroid dienone is 1. The molecule has 1 N–H and O–H groups in total. The zero-order chi connectivity index (χ0) is 18.8. The number of rotatable bonds is 2. The summed E-state index contributed by atoms with van der Waals surface area (Å²) in [5.41, 5.74) is 0.501. The average Bonchev–Trinajstić information content (AvgIpc) is 2.91. The van der Waals surface area contributed by atoms with Crippen LogP contribution < -0.4 is 0 Å². The van der Waals surface area contributed by atoms with Crippen molar-refractivity contribution in [3.63, 3.8) is 0 Å². The maximum atomic E-state index is 12.4. The number of carbonyl (C=O) groups excluding carboxylic acids is 2. The highest BCUT2D eigenvalue weighted by Gasteiger charge is 2.29. The van der Waals surface area contributed by atoms with Crippen LogP contribution in [0.2, 0.25) is 0 Å². The third-order valence-corrected chi connectivity index (χ3v) is 3.63. The van der Waals surface area contributed by atoms with E-state index in [1.165, 1.54) is 13.3 Å². The van der Waals surface area contributed by atoms with Crippen molar-refractivity contribution in [3.8, 4) is 0 Å². The van der Waals surface area contributed by atoms with Crippen LogP contribution in [0.15, 0.2) is 27.4 Å². The minimum atomic E-state index is -0.653. The summed E-state index contributed by atoms with van der Waals surface area (Å²) in [5, 5.41) is 15.8. The summed E-state index contributed by atoms with van der Waals surface area (Å²) in [6, 6.07) is 1.70. The summed E-state index contributed by atoms with van der Waals surface area (Å²) in [4.78, 5) is 24.4. The first-order chi connectivity index (χ1) is 11.6. The van der Waals surface area contributed by atoms with E-state index in [-0.39, 0.29) is 22.9 Å². The predicted molar refractivity (Wildman–Crippen MR) is 93.3 cm³/mol. The van der Waals surface area contributed by atoms with Crippen molar-refractivity contribution in [2.45, 2.75) is 52.6 Å². The first kappa shape index (κ1) is 18.8. The molecule has 1 aromatic rings. The van der Waals surface area contributed by atoms with Crippen LogP contribution >= 0.6 is 0 Å². The van der Waals surface area contributed by atoms with Crippen LogP contribution in [0, 0.1) is 6.92 Å². The van der Waals surface area contributed by atoms with Gasteiger partial charge in [-0.15, -0.1) is 0 Å². The van der Waals surface area contributed by atoms with Crippen molar-refractivity contribution in [3.05, 3.63) is 29.2 Å². The second-order valence-corrected chi connectivity index (χ2v) is 6.98. The first-order valence-corrected chi connectivity index (χ1v) is 8.15. The molecule has 1 aliphatic carbocycles. The molecular weight excluding hydrogens is 324 g/mol. The van der Waals surface area contributed by atoms with E-state index in [1.807, 2.05) is 0 Å². The topological polar surface area (TPSA) is 92.3 Å². The molecule has 25 heavy (non-hydrogen) atoms. The summed E-state index contributed by atoms with van der Waals surface area (Å²) < 4.78 is 10.5. The standard InChI is InChI=1S/C18H24N2O5/c1-11-9-10-24-16(11)15(22)14-12(7-6-8-13(14)21)19-20(5)17(23)25-18(2,3)4/h9-10,22H,6-8H2,1-5H3. The van der Waals surface area contributed by atoms with E-state index in [1.54, 1.807) is 33.8 Å². The molecule has 1 amide bonds. The molecule has 0 spiro atoms. The zero-order valence-corrected chi connectivity index (χ0v) is 15.3. The van der Waals surface area contributed by atoms with E-state index in [9.17, 15) is 14.7 Å². The van der Waals surface area contributed by atoms with Crippen molar-refractivity contribution < 1.29 is 23.8 Å². The average molecular weight is 348 g/mol. The minimum absolute atomic E-state index is 0.0970. The zero-order valence-electron chi connectivity index (χ0n) is 15.3. The molecule has 0 saturated heterocycles. The second kappa shape index (κ2) is 7.13. The lowest BCUT2D eigenvalue weighted by molar-refractivity contribution is -0.115. The van der Waals surface area contributed by atoms with Crippen LogP contribution in [-0.2, 0) is 9.53 Å². The summed E-state index contributed by atoms with van der Waals surface area (Å²) in [6.45, 7) is 7.04. The number of amides is 1. The highest BCUT2D eigenvalue weighted by atomic mass is 16.6. The number of furan rings is 1. The van der Waals surface area contributed by atoms with Gasteiger partial charge in [-0.2, -0.15) is 5.10 Å². The Morgan fingerprint density at radius 3 is 2.60 bits per heavy atom. The number of nitrogens with zero attached hydrogens (tertiary/aromatic N) is 2. The molecule has 1 saturated carbocycles. The molecule has 1 fully saturated rings. The smallest absolute Gasteiger partial charge is 0.430 e. The molecule has 136 valence electrons. The SMILES string of the molecule is Cc1ccoc1C(O)=C1C(=O)CCCC1=NN(C)C(=O)OC(C)(C)C. The van der Waals surface area contributed by atoms with Gasteiger partial charge in [0.2, 0.25) is 0 Å². The first-order valence-electron chi connectivity index (χ1n) is 8.15. The van der Waals surface area contributed by atoms with Gasteiger partial charge in [-0.05, 0) is 52.2 Å². The fraction of sp³-hybridized carbons (Fsp3) is 0.500. The van der Waals surface area contributed by atoms with Crippen molar-refractivity contribution in [2.75, 3.05) is 7.05 Å². The van der Waals surface area contributed by atoms with E-state index in [4.69, 9.17) is 9.15 Å². The summed E-state index contributed by atoms with van der Waals surface area (Å²) >= 11 is 0. The van der Waals surface area contributed by atoms with Crippen LogP contribution in [0.5, 0.6) is 0 Å². The lowest BCUT2D eigenvalue weighted by Gasteiger charge is -2.24. The van der Waals surface area contributed by atoms with Gasteiger partial charge in [0, 0.05) is 13.5 Å². The van der Waals surface area contributed by atoms with Gasteiger partial charge in [-0.25, -0.2) is 9.80 Å². The molecule has 0 bridgehead atoms. The molecule has 7 nitrogen and oxygen atoms in total. The number of hydrogen-bond acceptors (Lipinski definition) is 6. The molecule has 0 aliphatic heterocycles. The van der Waals surface area contributed by atoms with E-state index >= 15 is 0 Å². The van der Waals surface area contributed by atoms with E-state index in [2.05, 4.69) is 5.10 Å². The molecule has 1 aromatic heterocycles. The predicted octanol–water partition coefficient (Wildman–Crippen LogP) is 3.83. The Morgan fingerprint density at radius 1 is 1.36 bits per heavy atom. The maximum absolute atomic E-state index is 12.4. The van der Waals surface area contributed by atoms with Crippen LogP contribution in [0.4, 0.5) is 4.79 Å². The van der Waals surface area contributed by atoms with Gasteiger partial charge in [-0.1, -0.05) is 0 Å². The summed E-state index contributed by atoms with van der Waals surface area (Å²) in [5.74, 6) is -0.239. The monoisotopic (exact) mass is 348 g/mol. The largest absolute Gasteiger partial charge is 0.504 e. The number of aryl methyl sites for hydroxylation is 1. The molecule has 1 heterocycles. The second-order valence-electron chi connectivity index (χ2n) is 6.98. The van der Waals surface area contributed by atoms with Crippen molar-refractivity contribution in [1.29, 1.82) is 0 Å². The number of aliphatic hydroxyl groups is 1. The summed E-state index contributed by atoms with van der Waals surface area (Å²) in [6.07, 6.45) is 2.20. The molecule has 0 radical (unpaired) electrons. The van der Waals surface area contributed by atoms with Gasteiger partial charge < -0.3 is 14.3 Å². The van der Waals surface area contributed by atoms with Crippen LogP contribution in [0.1, 0.15) is 51.4 Å². The van der Waals surface area contributed by atoms with Gasteiger partial charge in [0.1, 0.15) is 5.60 Å². The van der Waals surface area contributed by atoms with Gasteiger partial charge in [0.05, 0.1) is 17.5 Å². The number of carbonyl (C=O) groups is 2. The Hall–Kier alpha value is -2.57. The third kappa shape index (κ3) is 4.49. The number of hydrazone groups is 1. The molecule has 0 aromatic carbocycles. The quantitative estimate of drug-likeness (QED) is 0.498. The highest BCUT2D eigenvalue weighted by Crippen LogP contribution is 2.28. The minimum Gasteiger partial charge on any atom is -0.504 e. The molecule has 7 heteroatoms. The van der Waals surface area contributed by atoms with Gasteiger partial charge in [0.15, 0.2) is 17.3 Å². The van der Waals surface area contributed by atoms with Crippen LogP contribution in [0.3, 0.4) is 0 Å². The van der Waals surface area contributed by atoms with Crippen molar-refractivity contribution in [2.24, 2.45) is 5.10 Å². The Kier molecular flexibility index (Phi) is 5.35. The fourth-order valence-corrected chi connectivity index (χ4v) is 2.47. The maximum Gasteiger partial charge on any atom is 0.430 e. The fourth-order valence-electron chi connectivity index (χ4n) is 2.47. The molecular formula is C18H24N2O5. The Labute approximate surface area is 146 Å². The lowest BCUT2D eigenvalue weighted by Crippen LogP contribution is -2.33. The summed E-state index contributed by atoms with van der Waals surface area (Å²) in [7, 11) is 1.45. The Bertz CT molecular complexity index is 737. The molecule has 1 aliphatic rings. The number of hydrogen-bond donors (Lipinski definition) is 1. The molecule has 0 atom stereocenters. The molecule has 0 unspecified atom stereocenters. The van der Waals surface area contributed by atoms with Crippen molar-refractivity contribution in [1.82, 2.24) is 5.01 Å². The molecule has 2 rings (SSSR count). The Morgan fingerprint density at radius 2 is 2.04 bits per heavy atom. The Balaban J connectivity index is 2.38. The van der Waals surface area contributed by atoms with E-state index in [0.717, 1.165) is 5.01 Å². The number of ketones is 1. The van der Waals surface area contributed by atoms with Crippen molar-refractivity contribution >= 4 is 23.3 Å². The van der Waals surface area contributed by atoms with E-state index < -0.39 is 11.7 Å². The van der Waals surface area contributed by atoms with Crippen LogP contribution in [-0.4, -0.2) is 40.4 Å². The normalized spacial score (nSPS) is 19.1. The van der Waals surface area contributed by atoms with Crippen LogP contribution in [0.25, 0.3) is 5.76 Å². The number of ether oxygens (including phenoxy) is 1. The number of Topliss-reactive ketones (excluding diaryl/α,β-unsaturated/α-hetero) is 1. The van der Waals surface area contributed by atoms with E-state index in [0.29, 0.717) is 30.5 Å². The van der Waals surface area contributed by atoms with Gasteiger partial charge in [0.25, 0.3) is 0 Å². The highest BCUT2D eigenvalue weighted by molar-refractivity contribution is 6.27.